The predicted octanol–water partition coefficient (Wildman–Crippen LogP) is 1.28. The van der Waals surface area contributed by atoms with Gasteiger partial charge in [0, 0.05) is 0 Å². The number of fused-ring (bicyclic) bond motifs is 2. The topological polar surface area (TPSA) is 147 Å². The number of nitrogens with two attached hydrogens (primary N) is 1. The van der Waals surface area contributed by atoms with Gasteiger partial charge in [-0.3, -0.25) is 0 Å². The van der Waals surface area contributed by atoms with E-state index < -0.39 is 32.7 Å². The number of methoxy groups -OCH3 is 1. The van der Waals surface area contributed by atoms with Crippen LogP contribution in [-0.2, 0) is 18.5 Å². The molecule has 0 aliphatic carbocycles. The third-order valence-corrected chi connectivity index (χ3v) is 7.06. The molecule has 4 N–H and O–H groups in total. The van der Waals surface area contributed by atoms with Gasteiger partial charge in [-0.15, -0.1) is 0 Å². The van der Waals surface area contributed by atoms with E-state index in [4.69, 9.17) is 24.3 Å². The van der Waals surface area contributed by atoms with Gasteiger partial charge in [0.1, 0.15) is 0 Å². The zero-order valence-electron chi connectivity index (χ0n) is 15.8. The van der Waals surface area contributed by atoms with Crippen molar-refractivity contribution in [2.75, 3.05) is 19.5 Å². The van der Waals surface area contributed by atoms with Crippen molar-refractivity contribution in [2.24, 2.45) is 0 Å². The Morgan fingerprint density at radius 1 is 1.27 bits per heavy atom. The molecule has 3 unspecified atom stereocenters. The van der Waals surface area contributed by atoms with E-state index in [-0.39, 0.29) is 12.4 Å². The van der Waals surface area contributed by atoms with Crippen molar-refractivity contribution in [3.63, 3.8) is 0 Å². The first kappa shape index (κ1) is 20.0. The molecule has 2 aromatic heterocycles. The molecule has 0 bridgehead atoms. The number of hydrogen-bond acceptors (Lipinski definition) is 11. The van der Waals surface area contributed by atoms with Crippen LogP contribution in [-0.4, -0.2) is 61.3 Å². The van der Waals surface area contributed by atoms with Crippen molar-refractivity contribution in [3.05, 3.63) is 36.7 Å². The Balaban J connectivity index is 1.60. The first-order chi connectivity index (χ1) is 14.5. The van der Waals surface area contributed by atoms with Crippen molar-refractivity contribution in [1.82, 2.24) is 19.5 Å². The van der Waals surface area contributed by atoms with Gasteiger partial charge in [-0.05, 0) is 0 Å². The zero-order chi connectivity index (χ0) is 20.9. The van der Waals surface area contributed by atoms with Crippen LogP contribution in [0.15, 0.2) is 46.7 Å². The molecule has 2 fully saturated rings. The number of hydrogen-bond donors (Lipinski definition) is 3. The van der Waals surface area contributed by atoms with Crippen LogP contribution in [0.5, 0.6) is 0 Å². The average Bonchev–Trinajstić information content (AvgIpc) is 3.25. The molecule has 0 amide bonds. The minimum atomic E-state index is -4.22. The van der Waals surface area contributed by atoms with Gasteiger partial charge in [-0.25, -0.2) is 0 Å². The van der Waals surface area contributed by atoms with E-state index in [2.05, 4.69) is 15.0 Å². The second kappa shape index (κ2) is 7.66. The number of imidazole rings is 1. The molecule has 2 aliphatic heterocycles. The maximum absolute atomic E-state index is 9.89. The number of benzene rings is 1. The fraction of sp³-hybridized carbons (Fsp3) is 0.353. The van der Waals surface area contributed by atoms with Gasteiger partial charge in [-0.1, -0.05) is 0 Å². The number of nitrogen functional groups attached to an aromatic ring is 1. The second-order valence-corrected chi connectivity index (χ2v) is 9.48. The molecule has 2 aliphatic rings. The Kier molecular flexibility index (Phi) is 5.12. The summed E-state index contributed by atoms with van der Waals surface area (Å²) in [5.74, 6) is 0.245. The predicted molar refractivity (Wildman–Crippen MR) is 109 cm³/mol. The van der Waals surface area contributed by atoms with Crippen molar-refractivity contribution in [1.29, 1.82) is 0 Å². The van der Waals surface area contributed by atoms with Crippen molar-refractivity contribution in [2.45, 2.75) is 34.6 Å². The van der Waals surface area contributed by atoms with Gasteiger partial charge in [0.05, 0.1) is 0 Å². The standard InChI is InChI=1S/C17H20N5O6PS/c1-25-13-12-10(7-26-29(23,24)28-12)27-16(13)22-15-11(14(18)19-8-20-15)21-17(22)30-9-5-3-2-4-6-9/h2-6,8,10,12-13,16,23-24,29H,7H2,1H3,(H2,18,19,20)/t10-,12?,13?,16?/m1/s1. The molecule has 2 saturated heterocycles. The molecule has 0 saturated carbocycles. The molecule has 0 radical (unpaired) electrons. The van der Waals surface area contributed by atoms with Crippen molar-refractivity contribution in [3.8, 4) is 0 Å². The summed E-state index contributed by atoms with van der Waals surface area (Å²) >= 11 is 1.41. The third-order valence-electron chi connectivity index (χ3n) is 4.96. The third kappa shape index (κ3) is 3.45. The van der Waals surface area contributed by atoms with Crippen LogP contribution in [0.4, 0.5) is 5.82 Å². The van der Waals surface area contributed by atoms with E-state index >= 15 is 0 Å². The number of aromatic nitrogens is 4. The molecule has 4 heterocycles. The Labute approximate surface area is 175 Å². The molecule has 0 spiro atoms. The van der Waals surface area contributed by atoms with Crippen molar-refractivity contribution < 1.29 is 28.3 Å². The summed E-state index contributed by atoms with van der Waals surface area (Å²) in [4.78, 5) is 33.8. The van der Waals surface area contributed by atoms with E-state index in [0.717, 1.165) is 4.90 Å². The average molecular weight is 453 g/mol. The molecule has 5 rings (SSSR count). The number of nitrogens with zero attached hydrogens (tertiary/aromatic N) is 4. The number of ether oxygens (including phenoxy) is 2. The van der Waals surface area contributed by atoms with E-state index in [1.54, 1.807) is 4.57 Å². The summed E-state index contributed by atoms with van der Waals surface area (Å²) in [6.07, 6.45) is -1.28. The van der Waals surface area contributed by atoms with Gasteiger partial charge < -0.3 is 0 Å². The van der Waals surface area contributed by atoms with Crippen LogP contribution in [0.25, 0.3) is 11.2 Å². The van der Waals surface area contributed by atoms with Crippen LogP contribution in [0.1, 0.15) is 6.23 Å². The van der Waals surface area contributed by atoms with Gasteiger partial charge in [0.2, 0.25) is 0 Å². The molecule has 4 atom stereocenters. The minimum absolute atomic E-state index is 0.0227. The van der Waals surface area contributed by atoms with E-state index in [1.807, 2.05) is 30.3 Å². The maximum atomic E-state index is 9.89. The fourth-order valence-electron chi connectivity index (χ4n) is 3.65. The molecule has 11 nitrogen and oxygen atoms in total. The van der Waals surface area contributed by atoms with E-state index in [9.17, 15) is 9.79 Å². The summed E-state index contributed by atoms with van der Waals surface area (Å²) in [5.41, 5.74) is 6.95. The quantitative estimate of drug-likeness (QED) is 0.491. The monoisotopic (exact) mass is 453 g/mol. The number of anilines is 1. The summed E-state index contributed by atoms with van der Waals surface area (Å²) in [6.45, 7) is -0.0227. The van der Waals surface area contributed by atoms with Gasteiger partial charge in [0.25, 0.3) is 0 Å². The van der Waals surface area contributed by atoms with Crippen molar-refractivity contribution >= 4 is 36.9 Å². The van der Waals surface area contributed by atoms with Crippen LogP contribution in [0, 0.1) is 0 Å². The zero-order valence-corrected chi connectivity index (χ0v) is 17.6. The Morgan fingerprint density at radius 3 is 2.83 bits per heavy atom. The molecular formula is C17H20N5O6PS. The first-order valence-electron chi connectivity index (χ1n) is 9.13. The molecule has 30 heavy (non-hydrogen) atoms. The van der Waals surface area contributed by atoms with Gasteiger partial charge in [0.15, 0.2) is 0 Å². The van der Waals surface area contributed by atoms with Crippen LogP contribution in [0.3, 0.4) is 0 Å². The fourth-order valence-corrected chi connectivity index (χ4v) is 5.67. The van der Waals surface area contributed by atoms with Crippen LogP contribution >= 0.6 is 19.9 Å². The van der Waals surface area contributed by atoms with Crippen LogP contribution in [0.2, 0.25) is 0 Å². The normalized spacial score (nSPS) is 29.0. The van der Waals surface area contributed by atoms with Gasteiger partial charge in [-0.2, -0.15) is 0 Å². The summed E-state index contributed by atoms with van der Waals surface area (Å²) < 4.78 is 24.0. The van der Waals surface area contributed by atoms with E-state index in [1.165, 1.54) is 25.2 Å². The molecule has 3 aromatic rings. The summed E-state index contributed by atoms with van der Waals surface area (Å²) in [6, 6.07) is 9.71. The molecule has 160 valence electrons. The SMILES string of the molecule is COC1C2O[PH](O)(O)OC[C@H]2OC1n1c(Sc2ccccc2)nc2c(N)ncnc21. The Bertz CT molecular complexity index is 1070. The summed E-state index contributed by atoms with van der Waals surface area (Å²) in [7, 11) is -2.72. The van der Waals surface area contributed by atoms with E-state index in [0.29, 0.717) is 16.3 Å². The summed E-state index contributed by atoms with van der Waals surface area (Å²) in [5, 5.41) is 0.575. The molecule has 13 heteroatoms. The first-order valence-corrected chi connectivity index (χ1v) is 11.7. The van der Waals surface area contributed by atoms with Gasteiger partial charge >= 0.3 is 175 Å². The number of rotatable bonds is 4. The molecule has 1 aromatic carbocycles. The Hall–Kier alpha value is -1.89. The second-order valence-electron chi connectivity index (χ2n) is 6.82. The van der Waals surface area contributed by atoms with Crippen LogP contribution < -0.4 is 5.73 Å². The Morgan fingerprint density at radius 2 is 2.07 bits per heavy atom. The molecular weight excluding hydrogens is 433 g/mol.